The predicted octanol–water partition coefficient (Wildman–Crippen LogP) is 5.59. The van der Waals surface area contributed by atoms with Crippen molar-refractivity contribution in [1.82, 2.24) is 0 Å². The highest BCUT2D eigenvalue weighted by molar-refractivity contribution is 5.96. The lowest BCUT2D eigenvalue weighted by Gasteiger charge is -2.13. The Morgan fingerprint density at radius 2 is 1.79 bits per heavy atom. The normalized spacial score (nSPS) is 18.2. The van der Waals surface area contributed by atoms with Gasteiger partial charge in [-0.1, -0.05) is 50.1 Å². The second-order valence-corrected chi connectivity index (χ2v) is 8.01. The summed E-state index contributed by atoms with van der Waals surface area (Å²) < 4.78 is 6.31. The van der Waals surface area contributed by atoms with E-state index < -0.39 is 5.97 Å². The van der Waals surface area contributed by atoms with E-state index in [9.17, 15) is 14.7 Å². The van der Waals surface area contributed by atoms with E-state index in [1.807, 2.05) is 13.8 Å². The molecule has 2 aromatic carbocycles. The summed E-state index contributed by atoms with van der Waals surface area (Å²) in [6, 6.07) is 11.8. The number of rotatable bonds is 6. The number of aryl methyl sites for hydroxylation is 2. The zero-order chi connectivity index (χ0) is 20.7. The summed E-state index contributed by atoms with van der Waals surface area (Å²) in [4.78, 5) is 25.1. The minimum atomic E-state index is -1.01. The third-order valence-electron chi connectivity index (χ3n) is 6.01. The minimum absolute atomic E-state index is 0.0578. The molecule has 0 spiro atoms. The van der Waals surface area contributed by atoms with Gasteiger partial charge in [0.25, 0.3) is 0 Å². The Kier molecular flexibility index (Phi) is 5.03. The number of fused-ring (bicyclic) bond motifs is 1. The van der Waals surface area contributed by atoms with Crippen molar-refractivity contribution in [1.29, 1.82) is 0 Å². The van der Waals surface area contributed by atoms with Gasteiger partial charge in [0.15, 0.2) is 5.43 Å². The molecule has 3 aromatic rings. The maximum absolute atomic E-state index is 13.5. The quantitative estimate of drug-likeness (QED) is 0.596. The van der Waals surface area contributed by atoms with Gasteiger partial charge in [0.05, 0.1) is 10.9 Å². The van der Waals surface area contributed by atoms with Crippen LogP contribution in [0.5, 0.6) is 0 Å². The Morgan fingerprint density at radius 1 is 1.07 bits per heavy atom. The van der Waals surface area contributed by atoms with Crippen LogP contribution in [0.2, 0.25) is 0 Å². The van der Waals surface area contributed by atoms with Crippen LogP contribution in [0.15, 0.2) is 45.6 Å². The number of hydrogen-bond acceptors (Lipinski definition) is 3. The molecule has 1 saturated carbocycles. The molecular weight excluding hydrogens is 364 g/mol. The van der Waals surface area contributed by atoms with Crippen molar-refractivity contribution >= 4 is 16.9 Å². The molecule has 1 heterocycles. The van der Waals surface area contributed by atoms with Crippen LogP contribution in [0.25, 0.3) is 11.0 Å². The van der Waals surface area contributed by atoms with E-state index in [1.54, 1.807) is 12.1 Å². The summed E-state index contributed by atoms with van der Waals surface area (Å²) in [7, 11) is 0. The van der Waals surface area contributed by atoms with Gasteiger partial charge in [0.1, 0.15) is 11.3 Å². The van der Waals surface area contributed by atoms with Gasteiger partial charge in [-0.3, -0.25) is 4.79 Å². The molecule has 29 heavy (non-hydrogen) atoms. The van der Waals surface area contributed by atoms with Crippen molar-refractivity contribution in [3.63, 3.8) is 0 Å². The Hall–Kier alpha value is -2.88. The van der Waals surface area contributed by atoms with Crippen LogP contribution in [0.3, 0.4) is 0 Å². The molecule has 1 aliphatic carbocycles. The van der Waals surface area contributed by atoms with Crippen LogP contribution in [0.4, 0.5) is 0 Å². The summed E-state index contributed by atoms with van der Waals surface area (Å²) in [5.41, 5.74) is 4.43. The maximum atomic E-state index is 13.5. The van der Waals surface area contributed by atoms with E-state index in [0.29, 0.717) is 35.3 Å². The Morgan fingerprint density at radius 3 is 2.41 bits per heavy atom. The number of hydrogen-bond donors (Lipinski definition) is 1. The fourth-order valence-electron chi connectivity index (χ4n) is 4.42. The molecule has 0 aliphatic heterocycles. The van der Waals surface area contributed by atoms with E-state index >= 15 is 0 Å². The van der Waals surface area contributed by atoms with Crippen molar-refractivity contribution < 1.29 is 14.3 Å². The van der Waals surface area contributed by atoms with E-state index in [4.69, 9.17) is 4.42 Å². The van der Waals surface area contributed by atoms with Gasteiger partial charge < -0.3 is 9.52 Å². The van der Waals surface area contributed by atoms with Gasteiger partial charge in [-0.15, -0.1) is 0 Å². The number of carboxylic acid groups (broad SMARTS) is 1. The highest BCUT2D eigenvalue weighted by Gasteiger charge is 2.43. The van der Waals surface area contributed by atoms with Gasteiger partial charge in [0, 0.05) is 11.5 Å². The van der Waals surface area contributed by atoms with Crippen molar-refractivity contribution in [3.8, 4) is 0 Å². The summed E-state index contributed by atoms with van der Waals surface area (Å²) in [6.07, 6.45) is 2.93. The fourth-order valence-corrected chi connectivity index (χ4v) is 4.42. The molecule has 0 radical (unpaired) electrons. The molecular formula is C25H26O4. The number of benzene rings is 2. The first-order valence-corrected chi connectivity index (χ1v) is 10.4. The van der Waals surface area contributed by atoms with Crippen molar-refractivity contribution in [2.24, 2.45) is 0 Å². The molecule has 1 aliphatic rings. The first kappa shape index (κ1) is 19.4. The largest absolute Gasteiger partial charge is 0.478 e. The van der Waals surface area contributed by atoms with E-state index in [2.05, 4.69) is 31.2 Å². The third kappa shape index (κ3) is 3.37. The van der Waals surface area contributed by atoms with Crippen molar-refractivity contribution in [2.75, 3.05) is 0 Å². The van der Waals surface area contributed by atoms with Gasteiger partial charge in [-0.25, -0.2) is 4.79 Å². The van der Waals surface area contributed by atoms with Crippen LogP contribution in [0.1, 0.15) is 76.9 Å². The van der Waals surface area contributed by atoms with Crippen molar-refractivity contribution in [2.45, 2.75) is 58.3 Å². The highest BCUT2D eigenvalue weighted by Crippen LogP contribution is 2.55. The minimum Gasteiger partial charge on any atom is -0.478 e. The van der Waals surface area contributed by atoms with Crippen molar-refractivity contribution in [3.05, 3.63) is 80.2 Å². The second-order valence-electron chi connectivity index (χ2n) is 8.01. The van der Waals surface area contributed by atoms with Crippen LogP contribution in [-0.2, 0) is 12.8 Å². The van der Waals surface area contributed by atoms with Crippen LogP contribution >= 0.6 is 0 Å². The summed E-state index contributed by atoms with van der Waals surface area (Å²) in [5, 5.41) is 9.96. The summed E-state index contributed by atoms with van der Waals surface area (Å²) >= 11 is 0. The van der Waals surface area contributed by atoms with Crippen LogP contribution in [0, 0.1) is 6.92 Å². The molecule has 2 atom stereocenters. The molecule has 0 bridgehead atoms. The number of carboxylic acids is 1. The highest BCUT2D eigenvalue weighted by atomic mass is 16.4. The molecule has 1 N–H and O–H groups in total. The SMILES string of the molecule is CCCc1c(C2CC2c2ccc(C)cc2)oc2ccc(C(=O)O)c(CC)c2c1=O. The second kappa shape index (κ2) is 7.51. The Bertz CT molecular complexity index is 1140. The van der Waals surface area contributed by atoms with Gasteiger partial charge >= 0.3 is 5.97 Å². The lowest BCUT2D eigenvalue weighted by atomic mass is 9.95. The summed E-state index contributed by atoms with van der Waals surface area (Å²) in [6.45, 7) is 6.00. The van der Waals surface area contributed by atoms with E-state index in [1.165, 1.54) is 11.1 Å². The van der Waals surface area contributed by atoms with Gasteiger partial charge in [-0.2, -0.15) is 0 Å². The fraction of sp³-hybridized carbons (Fsp3) is 0.360. The molecule has 1 fully saturated rings. The topological polar surface area (TPSA) is 67.5 Å². The molecule has 4 nitrogen and oxygen atoms in total. The monoisotopic (exact) mass is 390 g/mol. The first-order valence-electron chi connectivity index (χ1n) is 10.4. The number of carbonyl (C=O) groups is 1. The average Bonchev–Trinajstić information content (AvgIpc) is 3.50. The molecule has 0 saturated heterocycles. The molecule has 4 rings (SSSR count). The zero-order valence-electron chi connectivity index (χ0n) is 17.1. The average molecular weight is 390 g/mol. The summed E-state index contributed by atoms with van der Waals surface area (Å²) in [5.74, 6) is 0.363. The molecule has 1 aromatic heterocycles. The number of aromatic carboxylic acids is 1. The lowest BCUT2D eigenvalue weighted by molar-refractivity contribution is 0.0696. The van der Waals surface area contributed by atoms with Crippen LogP contribution < -0.4 is 5.43 Å². The van der Waals surface area contributed by atoms with Crippen LogP contribution in [-0.4, -0.2) is 11.1 Å². The predicted molar refractivity (Wildman–Crippen MR) is 114 cm³/mol. The van der Waals surface area contributed by atoms with E-state index in [-0.39, 0.29) is 16.9 Å². The smallest absolute Gasteiger partial charge is 0.335 e. The zero-order valence-corrected chi connectivity index (χ0v) is 17.1. The standard InChI is InChI=1S/C25H26O4/c1-4-6-18-23(26)22-16(5-2)17(25(27)28)11-12-21(22)29-24(18)20-13-19(20)15-9-7-14(3)8-10-15/h7-12,19-20H,4-6,13H2,1-3H3,(H,27,28). The third-order valence-corrected chi connectivity index (χ3v) is 6.01. The molecule has 150 valence electrons. The molecule has 2 unspecified atom stereocenters. The van der Waals surface area contributed by atoms with Gasteiger partial charge in [-0.05, 0) is 55.4 Å². The molecule has 4 heteroatoms. The molecule has 0 amide bonds. The maximum Gasteiger partial charge on any atom is 0.335 e. The van der Waals surface area contributed by atoms with E-state index in [0.717, 1.165) is 24.2 Å². The lowest BCUT2D eigenvalue weighted by Crippen LogP contribution is -2.16. The Balaban J connectivity index is 1.86. The first-order chi connectivity index (χ1) is 14.0. The Labute approximate surface area is 170 Å². The van der Waals surface area contributed by atoms with Gasteiger partial charge in [0.2, 0.25) is 0 Å².